The van der Waals surface area contributed by atoms with E-state index < -0.39 is 12.1 Å². The lowest BCUT2D eigenvalue weighted by molar-refractivity contribution is -0.192. The van der Waals surface area contributed by atoms with Crippen LogP contribution in [0.4, 0.5) is 13.2 Å². The molecule has 1 fully saturated rings. The van der Waals surface area contributed by atoms with Crippen LogP contribution in [-0.4, -0.2) is 67.0 Å². The second kappa shape index (κ2) is 10.9. The molecule has 0 aliphatic carbocycles. The molecule has 1 spiro atoms. The van der Waals surface area contributed by atoms with Crippen LogP contribution in [0, 0.1) is 0 Å². The van der Waals surface area contributed by atoms with Crippen LogP contribution in [0.25, 0.3) is 0 Å². The number of fused-ring (bicyclic) bond motifs is 1. The first-order valence-corrected chi connectivity index (χ1v) is 10.8. The Morgan fingerprint density at radius 3 is 2.47 bits per heavy atom. The van der Waals surface area contributed by atoms with Gasteiger partial charge in [0.15, 0.2) is 5.76 Å². The fourth-order valence-corrected chi connectivity index (χ4v) is 4.09. The molecule has 2 aliphatic rings. The molecule has 186 valence electrons. The number of furan rings is 1. The van der Waals surface area contributed by atoms with Crippen LogP contribution in [0.5, 0.6) is 5.75 Å². The Morgan fingerprint density at radius 1 is 1.21 bits per heavy atom. The number of benzene rings is 1. The lowest BCUT2D eigenvalue weighted by Gasteiger charge is -2.47. The highest BCUT2D eigenvalue weighted by atomic mass is 19.4. The van der Waals surface area contributed by atoms with Gasteiger partial charge in [-0.1, -0.05) is 18.2 Å². The van der Waals surface area contributed by atoms with E-state index in [0.29, 0.717) is 5.76 Å². The van der Waals surface area contributed by atoms with Gasteiger partial charge in [0.25, 0.3) is 5.91 Å². The molecule has 11 heteroatoms. The zero-order valence-electron chi connectivity index (χ0n) is 18.6. The van der Waals surface area contributed by atoms with E-state index in [4.69, 9.17) is 23.8 Å². The van der Waals surface area contributed by atoms with Crippen LogP contribution in [0.3, 0.4) is 0 Å². The summed E-state index contributed by atoms with van der Waals surface area (Å²) < 4.78 is 48.7. The van der Waals surface area contributed by atoms with Gasteiger partial charge in [0, 0.05) is 38.7 Å². The Bertz CT molecular complexity index is 956. The van der Waals surface area contributed by atoms with Gasteiger partial charge in [0.2, 0.25) is 0 Å². The molecule has 1 aromatic heterocycles. The van der Waals surface area contributed by atoms with Crippen LogP contribution >= 0.6 is 0 Å². The van der Waals surface area contributed by atoms with Gasteiger partial charge in [-0.2, -0.15) is 13.2 Å². The number of piperidine rings is 1. The fraction of sp³-hybridized carbons (Fsp3) is 0.478. The molecule has 3 heterocycles. The van der Waals surface area contributed by atoms with E-state index in [2.05, 4.69) is 10.2 Å². The number of alkyl halides is 3. The SMILES string of the molecule is COCCN1CCC2(CC1)CC(NC(=O)c1ccco1)c1ccccc1O2.O=C(O)C(F)(F)F. The summed E-state index contributed by atoms with van der Waals surface area (Å²) in [6.45, 7) is 3.65. The number of methoxy groups -OCH3 is 1. The summed E-state index contributed by atoms with van der Waals surface area (Å²) in [4.78, 5) is 23.9. The second-order valence-electron chi connectivity index (χ2n) is 8.17. The molecule has 0 bridgehead atoms. The van der Waals surface area contributed by atoms with Crippen molar-refractivity contribution in [3.05, 3.63) is 54.0 Å². The minimum absolute atomic E-state index is 0.0851. The minimum atomic E-state index is -5.08. The monoisotopic (exact) mass is 484 g/mol. The number of halogens is 3. The first-order chi connectivity index (χ1) is 16.1. The van der Waals surface area contributed by atoms with Crippen molar-refractivity contribution in [3.63, 3.8) is 0 Å². The molecule has 0 radical (unpaired) electrons. The number of carbonyl (C=O) groups is 2. The second-order valence-corrected chi connectivity index (χ2v) is 8.17. The van der Waals surface area contributed by atoms with Gasteiger partial charge in [0.05, 0.1) is 18.9 Å². The molecule has 2 aliphatic heterocycles. The highest BCUT2D eigenvalue weighted by Crippen LogP contribution is 2.44. The van der Waals surface area contributed by atoms with Crippen molar-refractivity contribution in [2.24, 2.45) is 0 Å². The lowest BCUT2D eigenvalue weighted by atomic mass is 9.80. The number of carbonyl (C=O) groups excluding carboxylic acids is 1. The topological polar surface area (TPSA) is 101 Å². The Labute approximate surface area is 194 Å². The molecule has 8 nitrogen and oxygen atoms in total. The van der Waals surface area contributed by atoms with Crippen LogP contribution in [0.15, 0.2) is 47.1 Å². The maximum atomic E-state index is 12.6. The molecule has 4 rings (SSSR count). The van der Waals surface area contributed by atoms with Crippen molar-refractivity contribution in [3.8, 4) is 5.75 Å². The number of carboxylic acids is 1. The van der Waals surface area contributed by atoms with Crippen molar-refractivity contribution >= 4 is 11.9 Å². The minimum Gasteiger partial charge on any atom is -0.487 e. The third-order valence-electron chi connectivity index (χ3n) is 5.87. The standard InChI is InChI=1S/C21H26N2O4.C2HF3O2/c1-25-14-12-23-10-8-21(9-11-23)15-17(16-5-2-3-6-18(16)27-21)22-20(24)19-7-4-13-26-19;3-2(4,5)1(6)7/h2-7,13,17H,8-12,14-15H2,1H3,(H,22,24);(H,6,7). The Kier molecular flexibility index (Phi) is 8.21. The summed E-state index contributed by atoms with van der Waals surface area (Å²) in [5.41, 5.74) is 0.795. The van der Waals surface area contributed by atoms with Gasteiger partial charge >= 0.3 is 12.1 Å². The number of rotatable bonds is 5. The van der Waals surface area contributed by atoms with Gasteiger partial charge in [-0.3, -0.25) is 4.79 Å². The molecular weight excluding hydrogens is 457 g/mol. The first kappa shape index (κ1) is 25.6. The molecule has 2 aromatic rings. The van der Waals surface area contributed by atoms with E-state index in [9.17, 15) is 18.0 Å². The predicted molar refractivity (Wildman–Crippen MR) is 115 cm³/mol. The number of likely N-dealkylation sites (tertiary alicyclic amines) is 1. The molecule has 1 amide bonds. The predicted octanol–water partition coefficient (Wildman–Crippen LogP) is 3.65. The van der Waals surface area contributed by atoms with Crippen molar-refractivity contribution in [1.82, 2.24) is 10.2 Å². The number of carboxylic acid groups (broad SMARTS) is 1. The van der Waals surface area contributed by atoms with Gasteiger partial charge in [0.1, 0.15) is 11.4 Å². The summed E-state index contributed by atoms with van der Waals surface area (Å²) in [5, 5.41) is 10.3. The molecule has 0 saturated carbocycles. The first-order valence-electron chi connectivity index (χ1n) is 10.8. The summed E-state index contributed by atoms with van der Waals surface area (Å²) in [5.74, 6) is -1.73. The van der Waals surface area contributed by atoms with Crippen molar-refractivity contribution < 1.29 is 41.8 Å². The van der Waals surface area contributed by atoms with E-state index in [1.54, 1.807) is 19.2 Å². The van der Waals surface area contributed by atoms with Crippen molar-refractivity contribution in [2.75, 3.05) is 33.4 Å². The normalized spacial score (nSPS) is 19.4. The summed E-state index contributed by atoms with van der Waals surface area (Å²) in [6.07, 6.45) is -0.908. The van der Waals surface area contributed by atoms with E-state index in [0.717, 1.165) is 56.8 Å². The number of hydrogen-bond donors (Lipinski definition) is 2. The average Bonchev–Trinajstić information content (AvgIpc) is 3.34. The van der Waals surface area contributed by atoms with Gasteiger partial charge < -0.3 is 29.2 Å². The summed E-state index contributed by atoms with van der Waals surface area (Å²) >= 11 is 0. The number of aliphatic carboxylic acids is 1. The van der Waals surface area contributed by atoms with Gasteiger partial charge in [-0.05, 0) is 31.0 Å². The number of ether oxygens (including phenoxy) is 2. The van der Waals surface area contributed by atoms with Crippen LogP contribution < -0.4 is 10.1 Å². The largest absolute Gasteiger partial charge is 0.490 e. The number of nitrogens with zero attached hydrogens (tertiary/aromatic N) is 1. The van der Waals surface area contributed by atoms with Crippen LogP contribution in [-0.2, 0) is 9.53 Å². The molecule has 1 saturated heterocycles. The van der Waals surface area contributed by atoms with Crippen LogP contribution in [0.2, 0.25) is 0 Å². The van der Waals surface area contributed by atoms with Gasteiger partial charge in [-0.25, -0.2) is 4.79 Å². The molecule has 1 unspecified atom stereocenters. The smallest absolute Gasteiger partial charge is 0.487 e. The lowest BCUT2D eigenvalue weighted by Crippen LogP contribution is -2.52. The summed E-state index contributed by atoms with van der Waals surface area (Å²) in [6, 6.07) is 11.3. The number of para-hydroxylation sites is 1. The van der Waals surface area contributed by atoms with Crippen molar-refractivity contribution in [2.45, 2.75) is 37.1 Å². The zero-order valence-corrected chi connectivity index (χ0v) is 18.6. The maximum absolute atomic E-state index is 12.6. The van der Waals surface area contributed by atoms with E-state index >= 15 is 0 Å². The highest BCUT2D eigenvalue weighted by Gasteiger charge is 2.43. The van der Waals surface area contributed by atoms with Crippen molar-refractivity contribution in [1.29, 1.82) is 0 Å². The van der Waals surface area contributed by atoms with E-state index in [1.807, 2.05) is 24.3 Å². The van der Waals surface area contributed by atoms with Crippen LogP contribution in [0.1, 0.15) is 41.4 Å². The number of hydrogen-bond acceptors (Lipinski definition) is 6. The number of amides is 1. The Balaban J connectivity index is 0.000000406. The Hall–Kier alpha value is -3.05. The third kappa shape index (κ3) is 6.51. The molecule has 1 atom stereocenters. The zero-order chi connectivity index (χ0) is 24.8. The molecular formula is C23H27F3N2O6. The average molecular weight is 484 g/mol. The van der Waals surface area contributed by atoms with Gasteiger partial charge in [-0.15, -0.1) is 0 Å². The number of nitrogens with one attached hydrogen (secondary N) is 1. The summed E-state index contributed by atoms with van der Waals surface area (Å²) in [7, 11) is 1.74. The van der Waals surface area contributed by atoms with E-state index in [-0.39, 0.29) is 17.6 Å². The Morgan fingerprint density at radius 2 is 1.88 bits per heavy atom. The maximum Gasteiger partial charge on any atom is 0.490 e. The van der Waals surface area contributed by atoms with E-state index in [1.165, 1.54) is 6.26 Å². The third-order valence-corrected chi connectivity index (χ3v) is 5.87. The quantitative estimate of drug-likeness (QED) is 0.668. The molecule has 1 aromatic carbocycles. The fourth-order valence-electron chi connectivity index (χ4n) is 4.09. The molecule has 34 heavy (non-hydrogen) atoms. The molecule has 2 N–H and O–H groups in total. The highest BCUT2D eigenvalue weighted by molar-refractivity contribution is 5.91.